The number of carbonyl (C=O) groups is 2. The van der Waals surface area contributed by atoms with Gasteiger partial charge < -0.3 is 9.64 Å². The van der Waals surface area contributed by atoms with Crippen LogP contribution in [0.2, 0.25) is 0 Å². The molecule has 1 heterocycles. The van der Waals surface area contributed by atoms with Crippen LogP contribution in [0.5, 0.6) is 5.75 Å². The molecule has 27 heavy (non-hydrogen) atoms. The third kappa shape index (κ3) is 4.05. The maximum Gasteiger partial charge on any atom is 0.316 e. The van der Waals surface area contributed by atoms with Crippen LogP contribution in [0.1, 0.15) is 48.4 Å². The van der Waals surface area contributed by atoms with E-state index in [0.29, 0.717) is 12.3 Å². The average Bonchev–Trinajstić information content (AvgIpc) is 2.98. The molecule has 1 saturated heterocycles. The molecular weight excluding hydrogens is 338 g/mol. The van der Waals surface area contributed by atoms with E-state index in [1.165, 1.54) is 0 Å². The van der Waals surface area contributed by atoms with Crippen LogP contribution in [0.25, 0.3) is 0 Å². The molecule has 1 aliphatic rings. The van der Waals surface area contributed by atoms with Crippen molar-refractivity contribution in [1.82, 2.24) is 0 Å². The molecule has 0 unspecified atom stereocenters. The number of aryl methyl sites for hydroxylation is 3. The van der Waals surface area contributed by atoms with Gasteiger partial charge in [0.15, 0.2) is 0 Å². The van der Waals surface area contributed by atoms with Crippen LogP contribution < -0.4 is 9.64 Å². The quantitative estimate of drug-likeness (QED) is 0.583. The van der Waals surface area contributed by atoms with Crippen molar-refractivity contribution in [3.05, 3.63) is 58.7 Å². The first-order valence-corrected chi connectivity index (χ1v) is 9.46. The molecule has 3 rings (SSSR count). The lowest BCUT2D eigenvalue weighted by molar-refractivity contribution is -0.139. The monoisotopic (exact) mass is 365 g/mol. The van der Waals surface area contributed by atoms with Gasteiger partial charge in [-0.2, -0.15) is 0 Å². The fourth-order valence-corrected chi connectivity index (χ4v) is 3.51. The Bertz CT molecular complexity index is 885. The highest BCUT2D eigenvalue weighted by molar-refractivity contribution is 6.00. The molecule has 4 heteroatoms. The molecule has 0 spiro atoms. The van der Waals surface area contributed by atoms with Crippen molar-refractivity contribution < 1.29 is 14.3 Å². The van der Waals surface area contributed by atoms with Gasteiger partial charge in [0.2, 0.25) is 5.91 Å². The van der Waals surface area contributed by atoms with Crippen molar-refractivity contribution in [2.45, 2.75) is 47.0 Å². The Balaban J connectivity index is 1.79. The van der Waals surface area contributed by atoms with Gasteiger partial charge >= 0.3 is 5.97 Å². The minimum Gasteiger partial charge on any atom is -0.426 e. The lowest BCUT2D eigenvalue weighted by Gasteiger charge is -2.20. The number of anilines is 1. The van der Waals surface area contributed by atoms with Gasteiger partial charge in [-0.25, -0.2) is 0 Å². The van der Waals surface area contributed by atoms with E-state index in [1.807, 2.05) is 57.2 Å². The third-order valence-electron chi connectivity index (χ3n) is 5.12. The van der Waals surface area contributed by atoms with E-state index in [0.717, 1.165) is 27.9 Å². The topological polar surface area (TPSA) is 46.6 Å². The zero-order valence-corrected chi connectivity index (χ0v) is 16.7. The molecule has 2 aromatic carbocycles. The highest BCUT2D eigenvalue weighted by atomic mass is 16.5. The van der Waals surface area contributed by atoms with Crippen LogP contribution in [0.4, 0.5) is 5.69 Å². The van der Waals surface area contributed by atoms with Crippen molar-refractivity contribution >= 4 is 17.6 Å². The summed E-state index contributed by atoms with van der Waals surface area (Å²) >= 11 is 0. The number of nitrogens with zero attached hydrogens (tertiary/aromatic N) is 1. The lowest BCUT2D eigenvalue weighted by atomic mass is 10.0. The first kappa shape index (κ1) is 19.2. The third-order valence-corrected chi connectivity index (χ3v) is 5.12. The van der Waals surface area contributed by atoms with Crippen LogP contribution in [0, 0.1) is 26.7 Å². The number of hydrogen-bond donors (Lipinski definition) is 0. The van der Waals surface area contributed by atoms with Crippen LogP contribution in [0.15, 0.2) is 36.4 Å². The molecule has 1 amide bonds. The Kier molecular flexibility index (Phi) is 5.36. The summed E-state index contributed by atoms with van der Waals surface area (Å²) in [6.45, 7) is 10.5. The predicted octanol–water partition coefficient (Wildman–Crippen LogP) is 4.69. The Morgan fingerprint density at radius 2 is 1.74 bits per heavy atom. The molecule has 142 valence electrons. The van der Waals surface area contributed by atoms with E-state index in [-0.39, 0.29) is 24.2 Å². The van der Waals surface area contributed by atoms with Crippen molar-refractivity contribution in [3.8, 4) is 5.75 Å². The van der Waals surface area contributed by atoms with Crippen molar-refractivity contribution in [1.29, 1.82) is 0 Å². The second-order valence-corrected chi connectivity index (χ2v) is 7.81. The van der Waals surface area contributed by atoms with Gasteiger partial charge in [-0.15, -0.1) is 0 Å². The summed E-state index contributed by atoms with van der Waals surface area (Å²) in [6.07, 6.45) is 0.190. The number of rotatable bonds is 4. The standard InChI is InChI=1S/C23H27NO3/c1-14(2)19-9-7-16(4)11-21(19)27-23(26)18-12-22(25)24(13-18)20-10-15(3)6-8-17(20)5/h6-11,14,18H,12-13H2,1-5H3/t18-/m0/s1. The SMILES string of the molecule is Cc1ccc(C(C)C)c(OC(=O)[C@H]2CC(=O)N(c3cc(C)ccc3C)C2)c1. The Morgan fingerprint density at radius 3 is 2.44 bits per heavy atom. The molecule has 4 nitrogen and oxygen atoms in total. The molecule has 1 aliphatic heterocycles. The minimum absolute atomic E-state index is 0.0287. The van der Waals surface area contributed by atoms with E-state index in [2.05, 4.69) is 13.8 Å². The van der Waals surface area contributed by atoms with Gasteiger partial charge in [0.25, 0.3) is 0 Å². The van der Waals surface area contributed by atoms with Crippen LogP contribution in [0.3, 0.4) is 0 Å². The Labute approximate surface area is 161 Å². The largest absolute Gasteiger partial charge is 0.426 e. The van der Waals surface area contributed by atoms with Crippen molar-refractivity contribution in [2.75, 3.05) is 11.4 Å². The zero-order chi connectivity index (χ0) is 19.7. The maximum absolute atomic E-state index is 12.8. The Hall–Kier alpha value is -2.62. The number of carbonyl (C=O) groups excluding carboxylic acids is 2. The summed E-state index contributed by atoms with van der Waals surface area (Å²) < 4.78 is 5.74. The number of amides is 1. The van der Waals surface area contributed by atoms with Gasteiger partial charge in [0.1, 0.15) is 5.75 Å². The fourth-order valence-electron chi connectivity index (χ4n) is 3.51. The highest BCUT2D eigenvalue weighted by Gasteiger charge is 2.37. The van der Waals surface area contributed by atoms with E-state index in [4.69, 9.17) is 4.74 Å². The number of benzene rings is 2. The first-order valence-electron chi connectivity index (χ1n) is 9.46. The molecule has 0 N–H and O–H groups in total. The number of esters is 1. The lowest BCUT2D eigenvalue weighted by Crippen LogP contribution is -2.28. The van der Waals surface area contributed by atoms with E-state index in [1.54, 1.807) is 4.90 Å². The van der Waals surface area contributed by atoms with E-state index in [9.17, 15) is 9.59 Å². The zero-order valence-electron chi connectivity index (χ0n) is 16.7. The van der Waals surface area contributed by atoms with E-state index >= 15 is 0 Å². The molecule has 0 aromatic heterocycles. The van der Waals surface area contributed by atoms with Gasteiger partial charge in [-0.05, 0) is 61.1 Å². The van der Waals surface area contributed by atoms with Crippen LogP contribution in [-0.2, 0) is 9.59 Å². The van der Waals surface area contributed by atoms with Gasteiger partial charge in [0, 0.05) is 18.7 Å². The fraction of sp³-hybridized carbons (Fsp3) is 0.391. The van der Waals surface area contributed by atoms with Gasteiger partial charge in [0.05, 0.1) is 5.92 Å². The molecule has 1 fully saturated rings. The summed E-state index contributed by atoms with van der Waals surface area (Å²) in [4.78, 5) is 27.0. The second kappa shape index (κ2) is 7.55. The Morgan fingerprint density at radius 1 is 1.07 bits per heavy atom. The van der Waals surface area contributed by atoms with Crippen molar-refractivity contribution in [3.63, 3.8) is 0 Å². The normalized spacial score (nSPS) is 16.9. The average molecular weight is 365 g/mol. The summed E-state index contributed by atoms with van der Waals surface area (Å²) in [7, 11) is 0. The van der Waals surface area contributed by atoms with E-state index < -0.39 is 5.92 Å². The van der Waals surface area contributed by atoms with Gasteiger partial charge in [-0.1, -0.05) is 38.1 Å². The minimum atomic E-state index is -0.446. The smallest absolute Gasteiger partial charge is 0.316 e. The van der Waals surface area contributed by atoms with Crippen molar-refractivity contribution in [2.24, 2.45) is 5.92 Å². The second-order valence-electron chi connectivity index (χ2n) is 7.81. The van der Waals surface area contributed by atoms with Crippen LogP contribution in [-0.4, -0.2) is 18.4 Å². The summed E-state index contributed by atoms with van der Waals surface area (Å²) in [6, 6.07) is 11.9. The summed E-state index contributed by atoms with van der Waals surface area (Å²) in [5.74, 6) is 0.0539. The summed E-state index contributed by atoms with van der Waals surface area (Å²) in [5.41, 5.74) is 5.06. The van der Waals surface area contributed by atoms with Crippen LogP contribution >= 0.6 is 0 Å². The van der Waals surface area contributed by atoms with Gasteiger partial charge in [-0.3, -0.25) is 9.59 Å². The molecular formula is C23H27NO3. The predicted molar refractivity (Wildman–Crippen MR) is 107 cm³/mol. The molecule has 2 aromatic rings. The molecule has 0 saturated carbocycles. The number of ether oxygens (including phenoxy) is 1. The molecule has 0 bridgehead atoms. The molecule has 0 radical (unpaired) electrons. The number of hydrogen-bond acceptors (Lipinski definition) is 3. The molecule has 0 aliphatic carbocycles. The first-order chi connectivity index (χ1) is 12.8. The maximum atomic E-state index is 12.8. The summed E-state index contributed by atoms with van der Waals surface area (Å²) in [5, 5.41) is 0. The highest BCUT2D eigenvalue weighted by Crippen LogP contribution is 2.32. The molecule has 1 atom stereocenters.